The molecule has 0 saturated heterocycles. The molecule has 4 fully saturated rings. The Hall–Kier alpha value is -3.57. The first-order valence-corrected chi connectivity index (χ1v) is 15.3. The summed E-state index contributed by atoms with van der Waals surface area (Å²) >= 11 is 4.89. The second-order valence-corrected chi connectivity index (χ2v) is 13.4. The van der Waals surface area contributed by atoms with E-state index in [2.05, 4.69) is 48.2 Å². The zero-order chi connectivity index (χ0) is 28.3. The average Bonchev–Trinajstić information content (AvgIpc) is 3.42. The zero-order valence-corrected chi connectivity index (χ0v) is 24.7. The lowest BCUT2D eigenvalue weighted by Gasteiger charge is -2.57. The number of ether oxygens (including phenoxy) is 1. The molecule has 0 unspecified atom stereocenters. The number of aromatic nitrogens is 4. The second-order valence-electron chi connectivity index (χ2n) is 11.6. The number of nitrogens with one attached hydrogen (secondary N) is 1. The molecule has 4 aromatic rings. The lowest BCUT2D eigenvalue weighted by Crippen LogP contribution is -2.48. The van der Waals surface area contributed by atoms with Gasteiger partial charge in [0.2, 0.25) is 11.0 Å². The van der Waals surface area contributed by atoms with Gasteiger partial charge in [-0.05, 0) is 120 Å². The molecule has 4 aliphatic rings. The molecule has 2 heterocycles. The average molecular weight is 635 g/mol. The van der Waals surface area contributed by atoms with Crippen LogP contribution in [-0.2, 0) is 5.41 Å². The van der Waals surface area contributed by atoms with Gasteiger partial charge in [0.25, 0.3) is 5.56 Å². The smallest absolute Gasteiger partial charge is 0.335 e. The van der Waals surface area contributed by atoms with Crippen LogP contribution in [0.5, 0.6) is 11.6 Å². The van der Waals surface area contributed by atoms with Crippen molar-refractivity contribution in [3.05, 3.63) is 78.9 Å². The maximum atomic E-state index is 12.9. The van der Waals surface area contributed by atoms with Crippen LogP contribution in [0.15, 0.2) is 61.5 Å². The maximum Gasteiger partial charge on any atom is 0.335 e. The van der Waals surface area contributed by atoms with Crippen molar-refractivity contribution in [2.45, 2.75) is 43.9 Å². The maximum absolute atomic E-state index is 12.9. The highest BCUT2D eigenvalue weighted by Gasteiger charge is 2.51. The number of aliphatic imine (C=N–C) groups is 1. The van der Waals surface area contributed by atoms with Crippen molar-refractivity contribution in [1.29, 1.82) is 0 Å². The molecule has 2 N–H and O–H groups in total. The Morgan fingerprint density at radius 3 is 2.39 bits per heavy atom. The van der Waals surface area contributed by atoms with E-state index in [1.54, 1.807) is 7.11 Å². The highest BCUT2D eigenvalue weighted by molar-refractivity contribution is 9.10. The van der Waals surface area contributed by atoms with Crippen molar-refractivity contribution < 1.29 is 9.84 Å². The number of aromatic amines is 1. The van der Waals surface area contributed by atoms with Gasteiger partial charge in [-0.1, -0.05) is 17.4 Å². The molecule has 4 saturated carbocycles. The lowest BCUT2D eigenvalue weighted by molar-refractivity contribution is -0.00521. The quantitative estimate of drug-likeness (QED) is 0.261. The Morgan fingerprint density at radius 1 is 1.07 bits per heavy atom. The summed E-state index contributed by atoms with van der Waals surface area (Å²) in [6.45, 7) is 0. The van der Waals surface area contributed by atoms with Crippen LogP contribution in [0.1, 0.15) is 49.7 Å². The molecule has 0 aliphatic heterocycles. The number of aromatic hydroxyl groups is 1. The molecule has 2 aromatic heterocycles. The Morgan fingerprint density at radius 2 is 1.76 bits per heavy atom. The molecule has 11 heteroatoms. The van der Waals surface area contributed by atoms with Gasteiger partial charge in [0.05, 0.1) is 12.8 Å². The highest BCUT2D eigenvalue weighted by atomic mass is 79.9. The topological polar surface area (TPSA) is 122 Å². The number of H-pyrrole nitrogens is 1. The van der Waals surface area contributed by atoms with E-state index in [4.69, 9.17) is 4.74 Å². The number of rotatable bonds is 6. The van der Waals surface area contributed by atoms with Crippen LogP contribution in [0.2, 0.25) is 0 Å². The second kappa shape index (κ2) is 10.1. The fourth-order valence-electron chi connectivity index (χ4n) is 7.60. The van der Waals surface area contributed by atoms with Gasteiger partial charge in [-0.15, -0.1) is 10.2 Å². The largest absolute Gasteiger partial charge is 0.497 e. The summed E-state index contributed by atoms with van der Waals surface area (Å²) in [7, 11) is 1.60. The molecule has 2 aromatic carbocycles. The van der Waals surface area contributed by atoms with Gasteiger partial charge in [0.15, 0.2) is 0 Å². The SMILES string of the molecule is COc1ccc(-c2nnc(N=Cc3c(O)n(-c4ccc(C56CC7CC(CC(C7)C5)C6)cc4Br)c(=O)[nH]c3=O)s2)cc1. The van der Waals surface area contributed by atoms with Crippen molar-refractivity contribution in [3.63, 3.8) is 0 Å². The van der Waals surface area contributed by atoms with Crippen LogP contribution < -0.4 is 16.0 Å². The number of methoxy groups -OCH3 is 1. The fourth-order valence-corrected chi connectivity index (χ4v) is 8.85. The highest BCUT2D eigenvalue weighted by Crippen LogP contribution is 2.61. The van der Waals surface area contributed by atoms with Crippen LogP contribution in [0.3, 0.4) is 0 Å². The van der Waals surface area contributed by atoms with Crippen molar-refractivity contribution >= 4 is 38.6 Å². The molecule has 0 amide bonds. The standard InChI is InChI=1S/C30H28BrN5O4S/c1-40-21-5-2-19(3-6-21)26-34-35-28(41-26)32-15-22-25(37)33-29(39)36(27(22)38)24-7-4-20(11-23(24)31)30-12-16-8-17(13-30)10-18(9-16)14-30/h2-7,11,15-18,38H,8-10,12-14H2,1H3,(H,33,37,39). The normalized spacial score (nSPS) is 24.8. The van der Waals surface area contributed by atoms with Crippen LogP contribution in [0, 0.1) is 17.8 Å². The van der Waals surface area contributed by atoms with Crippen molar-refractivity contribution in [2.75, 3.05) is 7.11 Å². The van der Waals surface area contributed by atoms with Gasteiger partial charge in [-0.25, -0.2) is 14.4 Å². The Labute approximate surface area is 248 Å². The minimum Gasteiger partial charge on any atom is -0.497 e. The monoisotopic (exact) mass is 633 g/mol. The van der Waals surface area contributed by atoms with E-state index in [-0.39, 0.29) is 11.0 Å². The molecular formula is C30H28BrN5O4S. The third kappa shape index (κ3) is 4.64. The van der Waals surface area contributed by atoms with Gasteiger partial charge in [-0.2, -0.15) is 0 Å². The Balaban J connectivity index is 1.19. The summed E-state index contributed by atoms with van der Waals surface area (Å²) in [4.78, 5) is 32.2. The summed E-state index contributed by atoms with van der Waals surface area (Å²) in [5.41, 5.74) is 1.15. The molecule has 4 aliphatic carbocycles. The molecule has 0 spiro atoms. The van der Waals surface area contributed by atoms with Gasteiger partial charge in [0.1, 0.15) is 16.3 Å². The lowest BCUT2D eigenvalue weighted by atomic mass is 9.48. The number of benzene rings is 2. The predicted molar refractivity (Wildman–Crippen MR) is 161 cm³/mol. The predicted octanol–water partition coefficient (Wildman–Crippen LogP) is 5.74. The third-order valence-electron chi connectivity index (χ3n) is 9.02. The van der Waals surface area contributed by atoms with Gasteiger partial charge < -0.3 is 9.84 Å². The van der Waals surface area contributed by atoms with E-state index in [0.717, 1.165) is 33.6 Å². The Kier molecular flexibility index (Phi) is 6.46. The first-order chi connectivity index (χ1) is 19.8. The minimum absolute atomic E-state index is 0.150. The number of hydrogen-bond acceptors (Lipinski definition) is 8. The molecule has 0 atom stereocenters. The summed E-state index contributed by atoms with van der Waals surface area (Å²) < 4.78 is 6.98. The first-order valence-electron chi connectivity index (χ1n) is 13.7. The van der Waals surface area contributed by atoms with Crippen LogP contribution in [0.25, 0.3) is 16.3 Å². The van der Waals surface area contributed by atoms with E-state index in [9.17, 15) is 14.7 Å². The summed E-state index contributed by atoms with van der Waals surface area (Å²) in [5.74, 6) is 2.68. The molecule has 210 valence electrons. The van der Waals surface area contributed by atoms with Crippen molar-refractivity contribution in [1.82, 2.24) is 19.7 Å². The van der Waals surface area contributed by atoms with Crippen LogP contribution in [-0.4, -0.2) is 38.2 Å². The van der Waals surface area contributed by atoms with Crippen molar-refractivity contribution in [2.24, 2.45) is 22.7 Å². The van der Waals surface area contributed by atoms with E-state index in [0.29, 0.717) is 20.3 Å². The molecular weight excluding hydrogens is 606 g/mol. The van der Waals surface area contributed by atoms with E-state index < -0.39 is 17.1 Å². The first kappa shape index (κ1) is 26.3. The fraction of sp³-hybridized carbons (Fsp3) is 0.367. The molecule has 0 radical (unpaired) electrons. The number of halogens is 1. The van der Waals surface area contributed by atoms with Gasteiger partial charge >= 0.3 is 5.69 Å². The van der Waals surface area contributed by atoms with Crippen LogP contribution in [0.4, 0.5) is 5.13 Å². The number of nitrogens with zero attached hydrogens (tertiary/aromatic N) is 4. The van der Waals surface area contributed by atoms with Gasteiger partial charge in [-0.3, -0.25) is 9.78 Å². The molecule has 4 bridgehead atoms. The van der Waals surface area contributed by atoms with Crippen LogP contribution >= 0.6 is 27.3 Å². The van der Waals surface area contributed by atoms with Crippen molar-refractivity contribution in [3.8, 4) is 27.9 Å². The Bertz CT molecular complexity index is 1760. The number of hydrogen-bond donors (Lipinski definition) is 2. The summed E-state index contributed by atoms with van der Waals surface area (Å²) in [6.07, 6.45) is 8.97. The van der Waals surface area contributed by atoms with E-state index in [1.165, 1.54) is 61.6 Å². The minimum atomic E-state index is -0.742. The summed E-state index contributed by atoms with van der Waals surface area (Å²) in [5, 5.41) is 20.3. The van der Waals surface area contributed by atoms with Gasteiger partial charge in [0, 0.05) is 16.3 Å². The molecule has 8 rings (SSSR count). The van der Waals surface area contributed by atoms with E-state index >= 15 is 0 Å². The van der Waals surface area contributed by atoms with E-state index in [1.807, 2.05) is 30.3 Å². The summed E-state index contributed by atoms with van der Waals surface area (Å²) in [6, 6.07) is 13.4. The molecule has 41 heavy (non-hydrogen) atoms. The zero-order valence-electron chi connectivity index (χ0n) is 22.3. The third-order valence-corrected chi connectivity index (χ3v) is 10.5. The molecule has 9 nitrogen and oxygen atoms in total.